The normalized spacial score (nSPS) is 12.0. The fraction of sp³-hybridized carbons (Fsp3) is 0.200. The van der Waals surface area contributed by atoms with Crippen molar-refractivity contribution in [2.24, 2.45) is 7.05 Å². The van der Waals surface area contributed by atoms with Crippen LogP contribution in [-0.2, 0) is 19.4 Å². The molecule has 0 bridgehead atoms. The predicted octanol–water partition coefficient (Wildman–Crippen LogP) is 3.90. The van der Waals surface area contributed by atoms with Crippen molar-refractivity contribution >= 4 is 27.7 Å². The first-order valence-electron chi connectivity index (χ1n) is 7.01. The first-order valence-corrected chi connectivity index (χ1v) is 7.80. The van der Waals surface area contributed by atoms with E-state index in [0.29, 0.717) is 4.47 Å². The zero-order valence-corrected chi connectivity index (χ0v) is 14.9. The van der Waals surface area contributed by atoms with Crippen molar-refractivity contribution in [3.63, 3.8) is 0 Å². The highest BCUT2D eigenvalue weighted by molar-refractivity contribution is 9.10. The molecule has 1 aromatic heterocycles. The number of benzene rings is 1. The Balaban J connectivity index is 2.25. The highest BCUT2D eigenvalue weighted by Gasteiger charge is 2.37. The largest absolute Gasteiger partial charge is 0.416 e. The molecule has 0 radical (unpaired) electrons. The third kappa shape index (κ3) is 5.02. The molecular weight excluding hydrogens is 448 g/mol. The summed E-state index contributed by atoms with van der Waals surface area (Å²) in [4.78, 5) is 23.9. The summed E-state index contributed by atoms with van der Waals surface area (Å²) in [5.41, 5.74) is -0.389. The maximum atomic E-state index is 12.8. The molecular formula is C15H10BrF6N3O2. The molecule has 1 heterocycles. The molecule has 12 heteroatoms. The zero-order valence-electron chi connectivity index (χ0n) is 13.3. The predicted molar refractivity (Wildman–Crippen MR) is 84.5 cm³/mol. The molecule has 146 valence electrons. The molecule has 0 saturated carbocycles. The van der Waals surface area contributed by atoms with Crippen LogP contribution >= 0.6 is 15.9 Å². The molecule has 2 rings (SSSR count). The number of carbonyl (C=O) groups excluding carboxylic acids is 2. The quantitative estimate of drug-likeness (QED) is 0.530. The van der Waals surface area contributed by atoms with E-state index >= 15 is 0 Å². The van der Waals surface area contributed by atoms with E-state index in [4.69, 9.17) is 0 Å². The highest BCUT2D eigenvalue weighted by Crippen LogP contribution is 2.36. The Morgan fingerprint density at radius 3 is 1.78 bits per heavy atom. The summed E-state index contributed by atoms with van der Waals surface area (Å²) in [6, 6.07) is 1.82. The second kappa shape index (κ2) is 7.25. The first kappa shape index (κ1) is 20.8. The molecule has 0 saturated heterocycles. The number of nitrogens with one attached hydrogen (secondary N) is 2. The Hall–Kier alpha value is -2.50. The van der Waals surface area contributed by atoms with E-state index in [1.807, 2.05) is 5.43 Å². The van der Waals surface area contributed by atoms with E-state index in [-0.39, 0.29) is 23.9 Å². The molecule has 0 aliphatic heterocycles. The zero-order chi connectivity index (χ0) is 20.6. The Bertz CT molecular complexity index is 856. The van der Waals surface area contributed by atoms with Gasteiger partial charge in [-0.2, -0.15) is 26.3 Å². The van der Waals surface area contributed by atoms with Crippen molar-refractivity contribution in [1.82, 2.24) is 15.4 Å². The summed E-state index contributed by atoms with van der Waals surface area (Å²) < 4.78 is 78.8. The summed E-state index contributed by atoms with van der Waals surface area (Å²) in [6.07, 6.45) is -8.65. The lowest BCUT2D eigenvalue weighted by Gasteiger charge is -2.14. The van der Waals surface area contributed by atoms with Crippen LogP contribution in [0.2, 0.25) is 0 Å². The van der Waals surface area contributed by atoms with Crippen molar-refractivity contribution in [2.45, 2.75) is 12.4 Å². The van der Waals surface area contributed by atoms with Gasteiger partial charge < -0.3 is 4.57 Å². The van der Waals surface area contributed by atoms with Gasteiger partial charge in [0.25, 0.3) is 11.8 Å². The molecule has 0 aliphatic carbocycles. The van der Waals surface area contributed by atoms with Gasteiger partial charge in [-0.05, 0) is 40.2 Å². The summed E-state index contributed by atoms with van der Waals surface area (Å²) in [6.45, 7) is 0. The Kier molecular flexibility index (Phi) is 5.59. The van der Waals surface area contributed by atoms with Crippen molar-refractivity contribution < 1.29 is 35.9 Å². The number of rotatable bonds is 2. The summed E-state index contributed by atoms with van der Waals surface area (Å²) in [7, 11) is 1.52. The van der Waals surface area contributed by atoms with E-state index in [2.05, 4.69) is 15.9 Å². The van der Waals surface area contributed by atoms with Crippen molar-refractivity contribution in [1.29, 1.82) is 0 Å². The van der Waals surface area contributed by atoms with Crippen LogP contribution in [0.4, 0.5) is 26.3 Å². The van der Waals surface area contributed by atoms with Crippen LogP contribution in [0.15, 0.2) is 34.9 Å². The lowest BCUT2D eigenvalue weighted by Crippen LogP contribution is -2.42. The standard InChI is InChI=1S/C15H10BrF6N3O2/c1-25-6-10(16)5-11(25)13(27)24-23-12(26)7-2-8(14(17,18)19)4-9(3-7)15(20,21)22/h2-6H,1H3,(H,23,26)(H,24,27). The average Bonchev–Trinajstić information content (AvgIpc) is 2.88. The molecule has 2 aromatic rings. The number of hydrogen-bond acceptors (Lipinski definition) is 2. The molecule has 0 unspecified atom stereocenters. The monoisotopic (exact) mass is 457 g/mol. The van der Waals surface area contributed by atoms with Crippen LogP contribution in [0, 0.1) is 0 Å². The summed E-state index contributed by atoms with van der Waals surface area (Å²) in [5, 5.41) is 0. The topological polar surface area (TPSA) is 63.1 Å². The minimum absolute atomic E-state index is 0.0854. The second-order valence-electron chi connectivity index (χ2n) is 5.36. The van der Waals surface area contributed by atoms with Gasteiger partial charge in [0.1, 0.15) is 5.69 Å². The lowest BCUT2D eigenvalue weighted by molar-refractivity contribution is -0.143. The van der Waals surface area contributed by atoms with Gasteiger partial charge in [0.05, 0.1) is 11.1 Å². The lowest BCUT2D eigenvalue weighted by atomic mass is 10.0. The summed E-state index contributed by atoms with van der Waals surface area (Å²) >= 11 is 3.12. The van der Waals surface area contributed by atoms with Crippen LogP contribution in [0.1, 0.15) is 32.0 Å². The Morgan fingerprint density at radius 1 is 0.889 bits per heavy atom. The molecule has 0 atom stereocenters. The molecule has 27 heavy (non-hydrogen) atoms. The number of nitrogens with zero attached hydrogens (tertiary/aromatic N) is 1. The third-order valence-corrected chi connectivity index (χ3v) is 3.78. The average molecular weight is 458 g/mol. The van der Waals surface area contributed by atoms with Crippen molar-refractivity contribution in [3.05, 3.63) is 57.3 Å². The molecule has 0 spiro atoms. The number of hydrogen-bond donors (Lipinski definition) is 2. The smallest absolute Gasteiger partial charge is 0.345 e. The fourth-order valence-electron chi connectivity index (χ4n) is 2.09. The molecule has 0 fully saturated rings. The van der Waals surface area contributed by atoms with Gasteiger partial charge in [0.2, 0.25) is 0 Å². The Labute approximate surface area is 156 Å². The molecule has 2 amide bonds. The maximum Gasteiger partial charge on any atom is 0.416 e. The number of halogens is 7. The van der Waals surface area contributed by atoms with Crippen molar-refractivity contribution in [3.8, 4) is 0 Å². The number of aromatic nitrogens is 1. The van der Waals surface area contributed by atoms with Gasteiger partial charge in [-0.1, -0.05) is 0 Å². The van der Waals surface area contributed by atoms with E-state index in [1.54, 1.807) is 5.43 Å². The SMILES string of the molecule is Cn1cc(Br)cc1C(=O)NNC(=O)c1cc(C(F)(F)F)cc(C(F)(F)F)c1. The Morgan fingerprint density at radius 2 is 1.37 bits per heavy atom. The van der Waals surface area contributed by atoms with Crippen LogP contribution in [0.25, 0.3) is 0 Å². The number of alkyl halides is 6. The van der Waals surface area contributed by atoms with Gasteiger partial charge in [0.15, 0.2) is 0 Å². The highest BCUT2D eigenvalue weighted by atomic mass is 79.9. The molecule has 2 N–H and O–H groups in total. The molecule has 5 nitrogen and oxygen atoms in total. The minimum atomic E-state index is -5.09. The van der Waals surface area contributed by atoms with Gasteiger partial charge in [-0.15, -0.1) is 0 Å². The van der Waals surface area contributed by atoms with Crippen molar-refractivity contribution in [2.75, 3.05) is 0 Å². The van der Waals surface area contributed by atoms with Crippen LogP contribution < -0.4 is 10.9 Å². The third-order valence-electron chi connectivity index (χ3n) is 3.34. The van der Waals surface area contributed by atoms with Crippen LogP contribution in [-0.4, -0.2) is 16.4 Å². The van der Waals surface area contributed by atoms with Gasteiger partial charge in [-0.3, -0.25) is 20.4 Å². The van der Waals surface area contributed by atoms with Gasteiger partial charge in [-0.25, -0.2) is 0 Å². The number of aryl methyl sites for hydroxylation is 1. The fourth-order valence-corrected chi connectivity index (χ4v) is 2.61. The number of carbonyl (C=O) groups is 2. The molecule has 1 aromatic carbocycles. The first-order chi connectivity index (χ1) is 12.3. The van der Waals surface area contributed by atoms with E-state index in [1.165, 1.54) is 23.9 Å². The van der Waals surface area contributed by atoms with Gasteiger partial charge in [0, 0.05) is 23.3 Å². The van der Waals surface area contributed by atoms with Gasteiger partial charge >= 0.3 is 12.4 Å². The van der Waals surface area contributed by atoms with E-state index in [9.17, 15) is 35.9 Å². The van der Waals surface area contributed by atoms with E-state index in [0.717, 1.165) is 0 Å². The maximum absolute atomic E-state index is 12.8. The van der Waals surface area contributed by atoms with Crippen LogP contribution in [0.3, 0.4) is 0 Å². The molecule has 0 aliphatic rings. The number of amides is 2. The number of hydrazine groups is 1. The van der Waals surface area contributed by atoms with E-state index < -0.39 is 40.9 Å². The minimum Gasteiger partial charge on any atom is -0.345 e. The second-order valence-corrected chi connectivity index (χ2v) is 6.27. The summed E-state index contributed by atoms with van der Waals surface area (Å²) in [5.74, 6) is -2.16. The van der Waals surface area contributed by atoms with Crippen LogP contribution in [0.5, 0.6) is 0 Å².